The van der Waals surface area contributed by atoms with E-state index in [2.05, 4.69) is 54.7 Å². The number of hydrogen-bond donors (Lipinski definition) is 1. The third kappa shape index (κ3) is 6.29. The van der Waals surface area contributed by atoms with Crippen LogP contribution in [0.4, 0.5) is 0 Å². The number of nitrogens with one attached hydrogen (secondary N) is 1. The Labute approximate surface area is 174 Å². The molecule has 3 rings (SSSR count). The summed E-state index contributed by atoms with van der Waals surface area (Å²) >= 11 is 0. The van der Waals surface area contributed by atoms with Gasteiger partial charge in [0.1, 0.15) is 6.61 Å². The molecule has 28 heavy (non-hydrogen) atoms. The zero-order chi connectivity index (χ0) is 18.9. The van der Waals surface area contributed by atoms with Crippen LogP contribution >= 0.6 is 12.4 Å². The lowest BCUT2D eigenvalue weighted by molar-refractivity contribution is 0.283. The van der Waals surface area contributed by atoms with E-state index >= 15 is 0 Å². The Kier molecular flexibility index (Phi) is 8.86. The summed E-state index contributed by atoms with van der Waals surface area (Å²) < 4.78 is 11.5. The van der Waals surface area contributed by atoms with E-state index in [9.17, 15) is 0 Å². The molecule has 0 aliphatic heterocycles. The average molecular weight is 398 g/mol. The van der Waals surface area contributed by atoms with Crippen LogP contribution in [0.25, 0.3) is 0 Å². The first kappa shape index (κ1) is 21.8. The monoisotopic (exact) mass is 397 g/mol. The normalized spacial score (nSPS) is 10.2. The van der Waals surface area contributed by atoms with Gasteiger partial charge in [0, 0.05) is 6.54 Å². The predicted octanol–water partition coefficient (Wildman–Crippen LogP) is 5.34. The van der Waals surface area contributed by atoms with Gasteiger partial charge in [0.25, 0.3) is 0 Å². The van der Waals surface area contributed by atoms with Gasteiger partial charge in [0.15, 0.2) is 11.5 Å². The average Bonchev–Trinajstić information content (AvgIpc) is 2.72. The maximum Gasteiger partial charge on any atom is 0.161 e. The zero-order valence-corrected chi connectivity index (χ0v) is 17.3. The van der Waals surface area contributed by atoms with Gasteiger partial charge < -0.3 is 14.8 Å². The fourth-order valence-corrected chi connectivity index (χ4v) is 2.98. The Balaban J connectivity index is 0.00000280. The van der Waals surface area contributed by atoms with Gasteiger partial charge in [0.05, 0.1) is 7.11 Å². The lowest BCUT2D eigenvalue weighted by Gasteiger charge is -2.13. The van der Waals surface area contributed by atoms with Crippen molar-refractivity contribution in [2.45, 2.75) is 26.5 Å². The summed E-state index contributed by atoms with van der Waals surface area (Å²) in [6.45, 7) is 4.39. The third-order valence-corrected chi connectivity index (χ3v) is 4.63. The molecule has 3 aromatic carbocycles. The highest BCUT2D eigenvalue weighted by atomic mass is 35.5. The van der Waals surface area contributed by atoms with Crippen molar-refractivity contribution in [2.75, 3.05) is 13.7 Å². The lowest BCUT2D eigenvalue weighted by Crippen LogP contribution is -2.16. The molecule has 0 atom stereocenters. The van der Waals surface area contributed by atoms with Crippen LogP contribution in [0, 0.1) is 6.92 Å². The van der Waals surface area contributed by atoms with Gasteiger partial charge in [-0.3, -0.25) is 0 Å². The van der Waals surface area contributed by atoms with Crippen LogP contribution in [0.1, 0.15) is 22.3 Å². The quantitative estimate of drug-likeness (QED) is 0.494. The van der Waals surface area contributed by atoms with Crippen LogP contribution < -0.4 is 14.8 Å². The Bertz CT molecular complexity index is 852. The molecule has 3 nitrogen and oxygen atoms in total. The fraction of sp³-hybridized carbons (Fsp3) is 0.250. The lowest BCUT2D eigenvalue weighted by atomic mass is 10.1. The molecule has 148 valence electrons. The van der Waals surface area contributed by atoms with Gasteiger partial charge in [-0.2, -0.15) is 0 Å². The maximum absolute atomic E-state index is 5.99. The molecule has 0 saturated carbocycles. The molecule has 0 aliphatic rings. The van der Waals surface area contributed by atoms with Crippen molar-refractivity contribution < 1.29 is 9.47 Å². The molecule has 0 aromatic heterocycles. The second-order valence-corrected chi connectivity index (χ2v) is 6.61. The molecule has 1 N–H and O–H groups in total. The largest absolute Gasteiger partial charge is 0.493 e. The molecule has 0 radical (unpaired) electrons. The number of methoxy groups -OCH3 is 1. The second-order valence-electron chi connectivity index (χ2n) is 6.61. The first-order chi connectivity index (χ1) is 13.3. The number of aryl methyl sites for hydroxylation is 1. The van der Waals surface area contributed by atoms with E-state index in [1.807, 2.05) is 30.3 Å². The number of benzene rings is 3. The molecule has 0 amide bonds. The molecule has 0 saturated heterocycles. The van der Waals surface area contributed by atoms with Crippen molar-refractivity contribution in [1.82, 2.24) is 5.32 Å². The summed E-state index contributed by atoms with van der Waals surface area (Å²) in [5.41, 5.74) is 4.95. The van der Waals surface area contributed by atoms with Gasteiger partial charge in [-0.15, -0.1) is 12.4 Å². The van der Waals surface area contributed by atoms with E-state index in [-0.39, 0.29) is 12.4 Å². The number of rotatable bonds is 9. The Morgan fingerprint density at radius 3 is 2.32 bits per heavy atom. The van der Waals surface area contributed by atoms with E-state index < -0.39 is 0 Å². The molecule has 0 aliphatic carbocycles. The summed E-state index contributed by atoms with van der Waals surface area (Å²) in [6.07, 6.45) is 1.02. The molecule has 0 heterocycles. The number of ether oxygens (including phenoxy) is 2. The van der Waals surface area contributed by atoms with Crippen LogP contribution in [-0.4, -0.2) is 13.7 Å². The summed E-state index contributed by atoms with van der Waals surface area (Å²) in [6, 6.07) is 24.9. The molecule has 0 unspecified atom stereocenters. The van der Waals surface area contributed by atoms with Crippen LogP contribution in [0.3, 0.4) is 0 Å². The molecular weight excluding hydrogens is 370 g/mol. The van der Waals surface area contributed by atoms with Crippen LogP contribution in [0.15, 0.2) is 72.8 Å². The summed E-state index contributed by atoms with van der Waals surface area (Å²) in [5.74, 6) is 1.54. The minimum Gasteiger partial charge on any atom is -0.493 e. The van der Waals surface area contributed by atoms with Crippen LogP contribution in [0.2, 0.25) is 0 Å². The van der Waals surface area contributed by atoms with Gasteiger partial charge >= 0.3 is 0 Å². The Hall–Kier alpha value is -2.49. The first-order valence-electron chi connectivity index (χ1n) is 9.35. The summed E-state index contributed by atoms with van der Waals surface area (Å²) in [4.78, 5) is 0. The molecule has 0 spiro atoms. The first-order valence-corrected chi connectivity index (χ1v) is 9.35. The SMILES string of the molecule is COc1cc(CNCCc2ccccc2)ccc1OCc1ccccc1C.Cl. The van der Waals surface area contributed by atoms with E-state index in [1.165, 1.54) is 22.3 Å². The smallest absolute Gasteiger partial charge is 0.161 e. The highest BCUT2D eigenvalue weighted by Gasteiger charge is 2.07. The van der Waals surface area contributed by atoms with E-state index in [4.69, 9.17) is 9.47 Å². The van der Waals surface area contributed by atoms with E-state index in [1.54, 1.807) is 7.11 Å². The van der Waals surface area contributed by atoms with Crippen molar-refractivity contribution in [1.29, 1.82) is 0 Å². The van der Waals surface area contributed by atoms with Crippen molar-refractivity contribution in [3.8, 4) is 11.5 Å². The molecule has 0 fully saturated rings. The van der Waals surface area contributed by atoms with Crippen LogP contribution in [-0.2, 0) is 19.6 Å². The Morgan fingerprint density at radius 2 is 1.57 bits per heavy atom. The summed E-state index contributed by atoms with van der Waals surface area (Å²) in [5, 5.41) is 3.49. The molecular formula is C24H28ClNO2. The Morgan fingerprint density at radius 1 is 0.821 bits per heavy atom. The maximum atomic E-state index is 5.99. The third-order valence-electron chi connectivity index (χ3n) is 4.63. The van der Waals surface area contributed by atoms with Crippen molar-refractivity contribution in [3.63, 3.8) is 0 Å². The molecule has 3 aromatic rings. The standard InChI is InChI=1S/C24H27NO2.ClH/c1-19-8-6-7-11-22(19)18-27-23-13-12-21(16-24(23)26-2)17-25-15-14-20-9-4-3-5-10-20;/h3-13,16,25H,14-15,17-18H2,1-2H3;1H. The number of halogens is 1. The van der Waals surface area contributed by atoms with E-state index in [0.29, 0.717) is 6.61 Å². The van der Waals surface area contributed by atoms with Gasteiger partial charge in [-0.1, -0.05) is 60.7 Å². The van der Waals surface area contributed by atoms with Gasteiger partial charge in [0.2, 0.25) is 0 Å². The number of hydrogen-bond acceptors (Lipinski definition) is 3. The second kappa shape index (κ2) is 11.4. The van der Waals surface area contributed by atoms with E-state index in [0.717, 1.165) is 31.0 Å². The van der Waals surface area contributed by atoms with Crippen molar-refractivity contribution in [2.24, 2.45) is 0 Å². The van der Waals surface area contributed by atoms with Crippen LogP contribution in [0.5, 0.6) is 11.5 Å². The van der Waals surface area contributed by atoms with Crippen molar-refractivity contribution >= 4 is 12.4 Å². The van der Waals surface area contributed by atoms with Gasteiger partial charge in [-0.05, 0) is 54.3 Å². The van der Waals surface area contributed by atoms with Crippen molar-refractivity contribution in [3.05, 3.63) is 95.1 Å². The molecule has 0 bridgehead atoms. The minimum absolute atomic E-state index is 0. The highest BCUT2D eigenvalue weighted by molar-refractivity contribution is 5.85. The van der Waals surface area contributed by atoms with Gasteiger partial charge in [-0.25, -0.2) is 0 Å². The minimum atomic E-state index is 0. The molecule has 4 heteroatoms. The predicted molar refractivity (Wildman–Crippen MR) is 118 cm³/mol. The zero-order valence-electron chi connectivity index (χ0n) is 16.5. The highest BCUT2D eigenvalue weighted by Crippen LogP contribution is 2.29. The topological polar surface area (TPSA) is 30.5 Å². The summed E-state index contributed by atoms with van der Waals surface area (Å²) in [7, 11) is 1.68. The fourth-order valence-electron chi connectivity index (χ4n) is 2.98.